The fourth-order valence-electron chi connectivity index (χ4n) is 3.71. The predicted octanol–water partition coefficient (Wildman–Crippen LogP) is 4.28. The molecule has 2 aromatic carbocycles. The first-order valence-corrected chi connectivity index (χ1v) is 10.4. The second kappa shape index (κ2) is 7.28. The van der Waals surface area contributed by atoms with Crippen molar-refractivity contribution in [3.05, 3.63) is 64.4 Å². The van der Waals surface area contributed by atoms with Gasteiger partial charge < -0.3 is 19.5 Å². The molecule has 1 aliphatic heterocycles. The summed E-state index contributed by atoms with van der Waals surface area (Å²) in [6.45, 7) is 0.201. The number of anilines is 1. The van der Waals surface area contributed by atoms with Crippen molar-refractivity contribution in [2.45, 2.75) is 24.7 Å². The van der Waals surface area contributed by atoms with E-state index in [1.165, 1.54) is 24.5 Å². The number of hydrogen-bond acceptors (Lipinski definition) is 6. The molecule has 1 amide bonds. The Kier molecular flexibility index (Phi) is 4.58. The number of carbonyl (C=O) groups excluding carboxylic acids is 1. The van der Waals surface area contributed by atoms with Crippen LogP contribution in [0, 0.1) is 5.82 Å². The van der Waals surface area contributed by atoms with E-state index in [0.29, 0.717) is 34.4 Å². The van der Waals surface area contributed by atoms with Crippen LogP contribution in [0.5, 0.6) is 17.2 Å². The van der Waals surface area contributed by atoms with Gasteiger partial charge in [-0.05, 0) is 42.7 Å². The van der Waals surface area contributed by atoms with Crippen LogP contribution in [-0.4, -0.2) is 24.8 Å². The Morgan fingerprint density at radius 3 is 2.90 bits per heavy atom. The third-order valence-corrected chi connectivity index (χ3v) is 6.44. The number of nitrogens with zero attached hydrogens (tertiary/aromatic N) is 1. The lowest BCUT2D eigenvalue weighted by Crippen LogP contribution is -2.27. The Balaban J connectivity index is 1.32. The van der Waals surface area contributed by atoms with Crippen LogP contribution in [-0.2, 0) is 16.6 Å². The van der Waals surface area contributed by atoms with Gasteiger partial charge in [-0.25, -0.2) is 9.37 Å². The summed E-state index contributed by atoms with van der Waals surface area (Å²) in [6, 6.07) is 10.4. The van der Waals surface area contributed by atoms with E-state index in [4.69, 9.17) is 14.2 Å². The van der Waals surface area contributed by atoms with E-state index in [1.54, 1.807) is 18.3 Å². The average molecular weight is 426 g/mol. The monoisotopic (exact) mass is 426 g/mol. The number of carbonyl (C=O) groups is 1. The normalized spacial score (nSPS) is 15.7. The van der Waals surface area contributed by atoms with E-state index in [1.807, 2.05) is 18.2 Å². The number of rotatable bonds is 6. The molecule has 1 aliphatic carbocycles. The molecule has 154 valence electrons. The maximum Gasteiger partial charge on any atom is 0.236 e. The highest BCUT2D eigenvalue weighted by atomic mass is 32.1. The van der Waals surface area contributed by atoms with Crippen LogP contribution in [0.4, 0.5) is 9.52 Å². The van der Waals surface area contributed by atoms with Crippen LogP contribution in [0.3, 0.4) is 0 Å². The Bertz CT molecular complexity index is 1130. The van der Waals surface area contributed by atoms with Gasteiger partial charge in [0.2, 0.25) is 12.7 Å². The summed E-state index contributed by atoms with van der Waals surface area (Å²) in [6.07, 6.45) is 3.54. The molecule has 0 spiro atoms. The molecule has 1 aromatic heterocycles. The molecular formula is C22H19FN2O4S. The highest BCUT2D eigenvalue weighted by Crippen LogP contribution is 2.51. The summed E-state index contributed by atoms with van der Waals surface area (Å²) in [7, 11) is 1.52. The third-order valence-electron chi connectivity index (χ3n) is 5.53. The zero-order chi connectivity index (χ0) is 20.7. The van der Waals surface area contributed by atoms with E-state index < -0.39 is 5.41 Å². The van der Waals surface area contributed by atoms with E-state index in [0.717, 1.165) is 23.3 Å². The number of nitrogens with one attached hydrogen (secondary N) is 1. The largest absolute Gasteiger partial charge is 0.496 e. The van der Waals surface area contributed by atoms with Gasteiger partial charge in [0.1, 0.15) is 11.6 Å². The Labute approximate surface area is 176 Å². The average Bonchev–Trinajstić information content (AvgIpc) is 3.23. The summed E-state index contributed by atoms with van der Waals surface area (Å²) >= 11 is 1.33. The number of aromatic nitrogens is 1. The van der Waals surface area contributed by atoms with Gasteiger partial charge in [-0.1, -0.05) is 12.1 Å². The lowest BCUT2D eigenvalue weighted by molar-refractivity contribution is -0.118. The lowest BCUT2D eigenvalue weighted by atomic mass is 9.94. The van der Waals surface area contributed by atoms with Crippen molar-refractivity contribution in [3.63, 3.8) is 0 Å². The highest BCUT2D eigenvalue weighted by molar-refractivity contribution is 7.15. The lowest BCUT2D eigenvalue weighted by Gasteiger charge is -2.15. The van der Waals surface area contributed by atoms with Gasteiger partial charge in [0.25, 0.3) is 0 Å². The molecule has 5 rings (SSSR count). The minimum Gasteiger partial charge on any atom is -0.496 e. The topological polar surface area (TPSA) is 69.7 Å². The molecule has 6 nitrogen and oxygen atoms in total. The number of thiazole rings is 1. The molecule has 1 N–H and O–H groups in total. The van der Waals surface area contributed by atoms with Crippen LogP contribution in [0.2, 0.25) is 0 Å². The standard InChI is InChI=1S/C22H19FN2O4S/c1-27-17-4-2-3-16(23)15(17)10-14-11-24-21(30-14)25-20(26)22(7-8-22)13-5-6-18-19(9-13)29-12-28-18/h2-6,9,11H,7-8,10,12H2,1H3,(H,24,25,26). The maximum atomic E-state index is 14.2. The van der Waals surface area contributed by atoms with Gasteiger partial charge in [0, 0.05) is 23.1 Å². The molecular weight excluding hydrogens is 407 g/mol. The molecule has 2 aliphatic rings. The minimum absolute atomic E-state index is 0.0919. The molecule has 2 heterocycles. The van der Waals surface area contributed by atoms with Crippen molar-refractivity contribution in [2.75, 3.05) is 19.2 Å². The summed E-state index contributed by atoms with van der Waals surface area (Å²) < 4.78 is 30.3. The molecule has 0 radical (unpaired) electrons. The highest BCUT2D eigenvalue weighted by Gasteiger charge is 2.52. The molecule has 0 atom stereocenters. The van der Waals surface area contributed by atoms with E-state index >= 15 is 0 Å². The van der Waals surface area contributed by atoms with Crippen molar-refractivity contribution in [1.29, 1.82) is 0 Å². The maximum absolute atomic E-state index is 14.2. The molecule has 0 bridgehead atoms. The van der Waals surface area contributed by atoms with E-state index in [9.17, 15) is 9.18 Å². The number of fused-ring (bicyclic) bond motifs is 1. The molecule has 1 saturated carbocycles. The number of halogens is 1. The molecule has 30 heavy (non-hydrogen) atoms. The van der Waals surface area contributed by atoms with Crippen LogP contribution >= 0.6 is 11.3 Å². The van der Waals surface area contributed by atoms with Gasteiger partial charge in [-0.2, -0.15) is 0 Å². The van der Waals surface area contributed by atoms with Crippen LogP contribution in [0.25, 0.3) is 0 Å². The smallest absolute Gasteiger partial charge is 0.236 e. The van der Waals surface area contributed by atoms with Gasteiger partial charge in [0.05, 0.1) is 12.5 Å². The number of hydrogen-bond donors (Lipinski definition) is 1. The van der Waals surface area contributed by atoms with Gasteiger partial charge >= 0.3 is 0 Å². The number of benzene rings is 2. The first-order valence-electron chi connectivity index (χ1n) is 9.57. The first kappa shape index (κ1) is 18.9. The van der Waals surface area contributed by atoms with E-state index in [2.05, 4.69) is 10.3 Å². The number of ether oxygens (including phenoxy) is 3. The SMILES string of the molecule is COc1cccc(F)c1Cc1cnc(NC(=O)C2(c3ccc4c(c3)OCO4)CC2)s1. The van der Waals surface area contributed by atoms with Crippen molar-refractivity contribution >= 4 is 22.4 Å². The van der Waals surface area contributed by atoms with Gasteiger partial charge in [-0.15, -0.1) is 11.3 Å². The number of amides is 1. The Hall–Kier alpha value is -3.13. The summed E-state index contributed by atoms with van der Waals surface area (Å²) in [5.41, 5.74) is 0.819. The molecule has 0 saturated heterocycles. The molecule has 8 heteroatoms. The van der Waals surface area contributed by atoms with Crippen molar-refractivity contribution < 1.29 is 23.4 Å². The fraction of sp³-hybridized carbons (Fsp3) is 0.273. The fourth-order valence-corrected chi connectivity index (χ4v) is 4.53. The first-order chi connectivity index (χ1) is 14.6. The second-order valence-electron chi connectivity index (χ2n) is 7.33. The molecule has 1 fully saturated rings. The van der Waals surface area contributed by atoms with E-state index in [-0.39, 0.29) is 18.5 Å². The van der Waals surface area contributed by atoms with Crippen molar-refractivity contribution in [3.8, 4) is 17.2 Å². The quantitative estimate of drug-likeness (QED) is 0.637. The van der Waals surface area contributed by atoms with Crippen LogP contribution in [0.1, 0.15) is 28.8 Å². The van der Waals surface area contributed by atoms with Crippen LogP contribution < -0.4 is 19.5 Å². The zero-order valence-corrected chi connectivity index (χ0v) is 17.1. The van der Waals surface area contributed by atoms with Crippen molar-refractivity contribution in [2.24, 2.45) is 0 Å². The Morgan fingerprint density at radius 2 is 2.10 bits per heavy atom. The summed E-state index contributed by atoms with van der Waals surface area (Å²) in [4.78, 5) is 18.2. The van der Waals surface area contributed by atoms with Crippen molar-refractivity contribution in [1.82, 2.24) is 4.98 Å². The minimum atomic E-state index is -0.568. The number of methoxy groups -OCH3 is 1. The summed E-state index contributed by atoms with van der Waals surface area (Å²) in [5.74, 6) is 1.44. The third kappa shape index (κ3) is 3.27. The molecule has 3 aromatic rings. The predicted molar refractivity (Wildman–Crippen MR) is 110 cm³/mol. The van der Waals surface area contributed by atoms with Gasteiger partial charge in [0.15, 0.2) is 16.6 Å². The van der Waals surface area contributed by atoms with Gasteiger partial charge in [-0.3, -0.25) is 4.79 Å². The van der Waals surface area contributed by atoms with Crippen LogP contribution in [0.15, 0.2) is 42.6 Å². The molecule has 0 unspecified atom stereocenters. The zero-order valence-electron chi connectivity index (χ0n) is 16.2. The summed E-state index contributed by atoms with van der Waals surface area (Å²) in [5, 5.41) is 3.43. The second-order valence-corrected chi connectivity index (χ2v) is 8.45. The Morgan fingerprint density at radius 1 is 1.27 bits per heavy atom.